The highest BCUT2D eigenvalue weighted by Gasteiger charge is 2.35. The molecule has 0 aliphatic carbocycles. The molecule has 2 N–H and O–H groups in total. The molecule has 1 heterocycles. The number of hydrogen-bond acceptors (Lipinski definition) is 3. The van der Waals surface area contributed by atoms with E-state index in [2.05, 4.69) is 29.4 Å². The third-order valence-corrected chi connectivity index (χ3v) is 5.36. The summed E-state index contributed by atoms with van der Waals surface area (Å²) in [5.41, 5.74) is 1.22. The zero-order valence-electron chi connectivity index (χ0n) is 17.9. The van der Waals surface area contributed by atoms with Crippen molar-refractivity contribution >= 4 is 17.5 Å². The fourth-order valence-corrected chi connectivity index (χ4v) is 3.99. The van der Waals surface area contributed by atoms with Gasteiger partial charge in [-0.3, -0.25) is 9.59 Å². The maximum Gasteiger partial charge on any atom is 0.228 e. The summed E-state index contributed by atoms with van der Waals surface area (Å²) in [6, 6.07) is 11.8. The van der Waals surface area contributed by atoms with Crippen molar-refractivity contribution in [2.24, 2.45) is 17.8 Å². The number of piperidine rings is 1. The number of hydrogen-bond donors (Lipinski definition) is 2. The van der Waals surface area contributed by atoms with E-state index in [1.165, 1.54) is 36.4 Å². The van der Waals surface area contributed by atoms with Crippen LogP contribution in [0.15, 0.2) is 48.5 Å². The molecule has 2 aromatic rings. The molecule has 2 aromatic carbocycles. The van der Waals surface area contributed by atoms with Gasteiger partial charge in [0.15, 0.2) is 0 Å². The van der Waals surface area contributed by atoms with Crippen LogP contribution in [0.5, 0.6) is 0 Å². The van der Waals surface area contributed by atoms with Gasteiger partial charge in [-0.2, -0.15) is 0 Å². The Morgan fingerprint density at radius 2 is 1.68 bits per heavy atom. The molecule has 0 radical (unpaired) electrons. The van der Waals surface area contributed by atoms with Crippen LogP contribution in [0.2, 0.25) is 0 Å². The maximum absolute atomic E-state index is 13.4. The van der Waals surface area contributed by atoms with E-state index in [4.69, 9.17) is 0 Å². The first-order valence-electron chi connectivity index (χ1n) is 10.6. The lowest BCUT2D eigenvalue weighted by Crippen LogP contribution is -2.50. The number of halogens is 2. The summed E-state index contributed by atoms with van der Waals surface area (Å²) < 4.78 is 26.5. The van der Waals surface area contributed by atoms with Crippen molar-refractivity contribution in [1.29, 1.82) is 0 Å². The van der Waals surface area contributed by atoms with Crippen molar-refractivity contribution in [1.82, 2.24) is 10.2 Å². The summed E-state index contributed by atoms with van der Waals surface area (Å²) in [5, 5.41) is 5.71. The summed E-state index contributed by atoms with van der Waals surface area (Å²) in [5.74, 6) is -1.33. The van der Waals surface area contributed by atoms with Crippen molar-refractivity contribution in [2.75, 3.05) is 25.0 Å². The Morgan fingerprint density at radius 1 is 1.00 bits per heavy atom. The second-order valence-electron chi connectivity index (χ2n) is 8.59. The van der Waals surface area contributed by atoms with Crippen molar-refractivity contribution in [3.8, 4) is 0 Å². The van der Waals surface area contributed by atoms with Crippen LogP contribution in [0.4, 0.5) is 14.5 Å². The molecule has 166 valence electrons. The van der Waals surface area contributed by atoms with Gasteiger partial charge in [0.05, 0.1) is 11.8 Å². The van der Waals surface area contributed by atoms with Crippen LogP contribution in [0.1, 0.15) is 25.8 Å². The molecule has 0 spiro atoms. The van der Waals surface area contributed by atoms with E-state index in [0.717, 1.165) is 6.54 Å². The number of benzene rings is 2. The summed E-state index contributed by atoms with van der Waals surface area (Å²) in [7, 11) is 0. The van der Waals surface area contributed by atoms with Crippen LogP contribution in [0, 0.1) is 29.4 Å². The zero-order chi connectivity index (χ0) is 22.4. The number of carbonyl (C=O) groups is 2. The molecule has 1 aliphatic heterocycles. The second-order valence-corrected chi connectivity index (χ2v) is 8.59. The van der Waals surface area contributed by atoms with Gasteiger partial charge >= 0.3 is 0 Å². The Labute approximate surface area is 181 Å². The van der Waals surface area contributed by atoms with Gasteiger partial charge in [-0.15, -0.1) is 0 Å². The highest BCUT2D eigenvalue weighted by molar-refractivity contribution is 5.93. The summed E-state index contributed by atoms with van der Waals surface area (Å²) in [6.45, 7) is 6.37. The lowest BCUT2D eigenvalue weighted by atomic mass is 9.87. The number of nitrogens with one attached hydrogen (secondary N) is 2. The molecule has 1 aliphatic rings. The van der Waals surface area contributed by atoms with E-state index in [1.807, 2.05) is 0 Å². The van der Waals surface area contributed by atoms with Crippen LogP contribution in [-0.4, -0.2) is 36.3 Å². The summed E-state index contributed by atoms with van der Waals surface area (Å²) in [4.78, 5) is 27.9. The van der Waals surface area contributed by atoms with Gasteiger partial charge in [0.2, 0.25) is 11.8 Å². The fraction of sp³-hybridized carbons (Fsp3) is 0.417. The van der Waals surface area contributed by atoms with E-state index in [9.17, 15) is 18.4 Å². The fourth-order valence-electron chi connectivity index (χ4n) is 3.99. The Bertz CT molecular complexity index is 902. The average molecular weight is 430 g/mol. The number of likely N-dealkylation sites (tertiary alicyclic amines) is 1. The largest absolute Gasteiger partial charge is 0.352 e. The van der Waals surface area contributed by atoms with E-state index in [-0.39, 0.29) is 41.8 Å². The molecule has 0 saturated carbocycles. The monoisotopic (exact) mass is 429 g/mol. The quantitative estimate of drug-likeness (QED) is 0.704. The first-order chi connectivity index (χ1) is 14.8. The Kier molecular flexibility index (Phi) is 7.74. The topological polar surface area (TPSA) is 61.4 Å². The molecule has 0 bridgehead atoms. The van der Waals surface area contributed by atoms with Gasteiger partial charge in [-0.25, -0.2) is 8.78 Å². The second kappa shape index (κ2) is 10.5. The molecule has 7 heteroatoms. The van der Waals surface area contributed by atoms with Crippen molar-refractivity contribution < 1.29 is 18.4 Å². The number of carbonyl (C=O) groups excluding carboxylic acids is 2. The molecular formula is C24H29F2N3O2. The van der Waals surface area contributed by atoms with Gasteiger partial charge in [0, 0.05) is 31.9 Å². The first kappa shape index (κ1) is 22.9. The number of amides is 2. The third kappa shape index (κ3) is 6.85. The minimum atomic E-state index is -0.367. The molecule has 3 rings (SSSR count). The molecule has 0 unspecified atom stereocenters. The van der Waals surface area contributed by atoms with Crippen molar-refractivity contribution in [2.45, 2.75) is 26.8 Å². The third-order valence-electron chi connectivity index (χ3n) is 5.36. The van der Waals surface area contributed by atoms with Crippen molar-refractivity contribution in [3.05, 3.63) is 65.7 Å². The van der Waals surface area contributed by atoms with Crippen LogP contribution in [0.3, 0.4) is 0 Å². The molecule has 2 atom stereocenters. The summed E-state index contributed by atoms with van der Waals surface area (Å²) >= 11 is 0. The van der Waals surface area contributed by atoms with Gasteiger partial charge in [0.1, 0.15) is 11.6 Å². The van der Waals surface area contributed by atoms with E-state index >= 15 is 0 Å². The van der Waals surface area contributed by atoms with E-state index in [1.54, 1.807) is 12.1 Å². The predicted octanol–water partition coefficient (Wildman–Crippen LogP) is 3.81. The Balaban J connectivity index is 1.65. The Morgan fingerprint density at radius 3 is 2.32 bits per heavy atom. The van der Waals surface area contributed by atoms with Gasteiger partial charge in [-0.05, 0) is 54.3 Å². The zero-order valence-corrected chi connectivity index (χ0v) is 17.9. The van der Waals surface area contributed by atoms with Gasteiger partial charge in [0.25, 0.3) is 0 Å². The molecule has 1 fully saturated rings. The summed E-state index contributed by atoms with van der Waals surface area (Å²) in [6.07, 6.45) is 0.427. The molecule has 0 aromatic heterocycles. The minimum absolute atomic E-state index is 0.141. The van der Waals surface area contributed by atoms with Crippen LogP contribution in [-0.2, 0) is 16.1 Å². The number of nitrogens with zero attached hydrogens (tertiary/aromatic N) is 1. The lowest BCUT2D eigenvalue weighted by Gasteiger charge is -2.37. The number of rotatable bonds is 7. The van der Waals surface area contributed by atoms with Gasteiger partial charge < -0.3 is 15.5 Å². The normalized spacial score (nSPS) is 19.3. The first-order valence-corrected chi connectivity index (χ1v) is 10.6. The molecular weight excluding hydrogens is 400 g/mol. The molecule has 1 saturated heterocycles. The lowest BCUT2D eigenvalue weighted by molar-refractivity contribution is -0.130. The maximum atomic E-state index is 13.4. The molecule has 5 nitrogen and oxygen atoms in total. The Hall–Kier alpha value is -2.80. The predicted molar refractivity (Wildman–Crippen MR) is 116 cm³/mol. The smallest absolute Gasteiger partial charge is 0.228 e. The molecule has 31 heavy (non-hydrogen) atoms. The highest BCUT2D eigenvalue weighted by Crippen LogP contribution is 2.25. The number of anilines is 1. The van der Waals surface area contributed by atoms with E-state index < -0.39 is 0 Å². The minimum Gasteiger partial charge on any atom is -0.352 e. The standard InChI is InChI=1S/C24H29F2N3O2/c1-16(2)13-29-14-18(23(30)27-12-17-4-3-5-21(26)10-17)11-19(15-29)24(31)28-22-8-6-20(25)7-9-22/h3-10,16,18-19H,11-15H2,1-2H3,(H,27,30)(H,28,31)/t18-,19+/m0/s1. The van der Waals surface area contributed by atoms with Crippen LogP contribution >= 0.6 is 0 Å². The average Bonchev–Trinajstić information content (AvgIpc) is 2.73. The molecule has 2 amide bonds. The van der Waals surface area contributed by atoms with E-state index in [0.29, 0.717) is 36.7 Å². The highest BCUT2D eigenvalue weighted by atomic mass is 19.1. The van der Waals surface area contributed by atoms with Crippen LogP contribution in [0.25, 0.3) is 0 Å². The van der Waals surface area contributed by atoms with Crippen LogP contribution < -0.4 is 10.6 Å². The van der Waals surface area contributed by atoms with Crippen molar-refractivity contribution in [3.63, 3.8) is 0 Å². The van der Waals surface area contributed by atoms with Gasteiger partial charge in [-0.1, -0.05) is 26.0 Å². The SMILES string of the molecule is CC(C)CN1C[C@@H](C(=O)NCc2cccc(F)c2)C[C@@H](C(=O)Nc2ccc(F)cc2)C1.